The van der Waals surface area contributed by atoms with E-state index in [0.29, 0.717) is 0 Å². The molecule has 0 amide bonds. The number of aliphatic hydroxyl groups is 4. The summed E-state index contributed by atoms with van der Waals surface area (Å²) in [6, 6.07) is 91.1. The summed E-state index contributed by atoms with van der Waals surface area (Å²) in [7, 11) is 0. The zero-order chi connectivity index (χ0) is 54.2. The van der Waals surface area contributed by atoms with E-state index in [-0.39, 0.29) is 26.4 Å². The Labute approximate surface area is 463 Å². The van der Waals surface area contributed by atoms with E-state index in [9.17, 15) is 20.4 Å². The third-order valence-corrected chi connectivity index (χ3v) is 14.6. The van der Waals surface area contributed by atoms with Crippen molar-refractivity contribution in [1.29, 1.82) is 0 Å². The fourth-order valence-corrected chi connectivity index (χ4v) is 10.1. The average molecular weight is 1030 g/mol. The van der Waals surface area contributed by atoms with Crippen molar-refractivity contribution in [2.45, 2.75) is 40.3 Å². The van der Waals surface area contributed by atoms with Crippen LogP contribution >= 0.6 is 0 Å². The van der Waals surface area contributed by atoms with Crippen molar-refractivity contribution in [3.8, 4) is 44.5 Å². The van der Waals surface area contributed by atoms with Gasteiger partial charge in [-0.1, -0.05) is 181 Å². The lowest BCUT2D eigenvalue weighted by Crippen LogP contribution is -2.16. The molecule has 0 saturated carbocycles. The molecule has 0 heterocycles. The van der Waals surface area contributed by atoms with Crippen molar-refractivity contribution in [2.75, 3.05) is 14.7 Å². The van der Waals surface area contributed by atoms with Crippen LogP contribution in [0.25, 0.3) is 44.5 Å². The largest absolute Gasteiger partial charge is 0.392 e. The van der Waals surface area contributed by atoms with E-state index in [1.165, 1.54) is 11.1 Å². The summed E-state index contributed by atoms with van der Waals surface area (Å²) in [5, 5.41) is 39.2. The van der Waals surface area contributed by atoms with Gasteiger partial charge in [0.2, 0.25) is 0 Å². The van der Waals surface area contributed by atoms with Gasteiger partial charge in [-0.15, -0.1) is 0 Å². The fraction of sp³-hybridized carbons (Fsp3) is 0.0833. The van der Waals surface area contributed by atoms with Crippen LogP contribution in [-0.4, -0.2) is 20.4 Å². The van der Waals surface area contributed by atoms with Crippen LogP contribution in [0.4, 0.5) is 51.2 Å². The number of nitrogens with zero attached hydrogens (tertiary/aromatic N) is 3. The van der Waals surface area contributed by atoms with Gasteiger partial charge in [-0.2, -0.15) is 0 Å². The van der Waals surface area contributed by atoms with Gasteiger partial charge in [0.05, 0.1) is 43.5 Å². The Balaban J connectivity index is 1.13. The maximum atomic E-state index is 9.81. The van der Waals surface area contributed by atoms with Crippen molar-refractivity contribution in [3.05, 3.63) is 294 Å². The molecule has 11 aromatic carbocycles. The molecule has 11 aromatic rings. The molecule has 0 saturated heterocycles. The standard InChI is InChI=1S/C72H61N3O4/c1-50-3-31-64(32-4-50)73(65-33-5-51(2)6-34-65)70-43-71(74(66-35-23-60(24-36-66)56-15-7-52(46-76)8-16-56)67-37-25-61(26-38-67)57-17-9-53(47-77)10-18-57)45-72(44-70)75(68-39-27-62(28-40-68)58-19-11-54(48-78)12-20-58)69-41-29-63(30-42-69)59-21-13-55(49-79)14-22-59/h3-45,76-79H,46-49H2,1-2H3. The molecule has 7 nitrogen and oxygen atoms in total. The summed E-state index contributed by atoms with van der Waals surface area (Å²) in [4.78, 5) is 6.98. The molecule has 7 heteroatoms. The molecule has 4 N–H and O–H groups in total. The summed E-state index contributed by atoms with van der Waals surface area (Å²) in [5.74, 6) is 0. The van der Waals surface area contributed by atoms with Crippen LogP contribution in [0.3, 0.4) is 0 Å². The molecule has 0 spiro atoms. The number of hydrogen-bond acceptors (Lipinski definition) is 7. The van der Waals surface area contributed by atoms with Gasteiger partial charge < -0.3 is 35.1 Å². The molecule has 0 unspecified atom stereocenters. The molecule has 0 aliphatic heterocycles. The highest BCUT2D eigenvalue weighted by molar-refractivity contribution is 5.90. The Kier molecular flexibility index (Phi) is 15.4. The minimum absolute atomic E-state index is 0.0116. The Morgan fingerprint density at radius 3 is 0.519 bits per heavy atom. The summed E-state index contributed by atoms with van der Waals surface area (Å²) in [6.45, 7) is 4.18. The summed E-state index contributed by atoms with van der Waals surface area (Å²) in [5.41, 5.74) is 22.9. The highest BCUT2D eigenvalue weighted by atomic mass is 16.3. The lowest BCUT2D eigenvalue weighted by Gasteiger charge is -2.33. The molecule has 11 rings (SSSR count). The summed E-state index contributed by atoms with van der Waals surface area (Å²) < 4.78 is 0. The third-order valence-electron chi connectivity index (χ3n) is 14.6. The normalized spacial score (nSPS) is 11.1. The first-order valence-electron chi connectivity index (χ1n) is 26.6. The first-order chi connectivity index (χ1) is 38.7. The van der Waals surface area contributed by atoms with Crippen molar-refractivity contribution in [2.24, 2.45) is 0 Å². The van der Waals surface area contributed by atoms with E-state index in [4.69, 9.17) is 0 Å². The van der Waals surface area contributed by atoms with Gasteiger partial charge in [0, 0.05) is 34.1 Å². The van der Waals surface area contributed by atoms with Crippen LogP contribution in [-0.2, 0) is 26.4 Å². The Hall–Kier alpha value is -9.34. The minimum Gasteiger partial charge on any atom is -0.392 e. The molecule has 79 heavy (non-hydrogen) atoms. The molecular weight excluding hydrogens is 971 g/mol. The number of hydrogen-bond donors (Lipinski definition) is 4. The van der Waals surface area contributed by atoms with Gasteiger partial charge >= 0.3 is 0 Å². The van der Waals surface area contributed by atoms with Crippen LogP contribution in [0.1, 0.15) is 33.4 Å². The number of aryl methyl sites for hydroxylation is 2. The van der Waals surface area contributed by atoms with E-state index in [0.717, 1.165) is 118 Å². The van der Waals surface area contributed by atoms with Crippen LogP contribution in [0.5, 0.6) is 0 Å². The first-order valence-corrected chi connectivity index (χ1v) is 26.6. The van der Waals surface area contributed by atoms with Crippen LogP contribution in [0, 0.1) is 13.8 Å². The smallest absolute Gasteiger partial charge is 0.0681 e. The minimum atomic E-state index is -0.0116. The van der Waals surface area contributed by atoms with E-state index < -0.39 is 0 Å². The number of benzene rings is 11. The molecular formula is C72H61N3O4. The zero-order valence-electron chi connectivity index (χ0n) is 44.3. The Bertz CT molecular complexity index is 3340. The van der Waals surface area contributed by atoms with E-state index >= 15 is 0 Å². The van der Waals surface area contributed by atoms with Crippen LogP contribution < -0.4 is 14.7 Å². The molecule has 0 atom stereocenters. The van der Waals surface area contributed by atoms with Gasteiger partial charge in [-0.25, -0.2) is 0 Å². The predicted octanol–water partition coefficient (Wildman–Crippen LogP) is 17.4. The second-order valence-corrected chi connectivity index (χ2v) is 20.0. The average Bonchev–Trinajstić information content (AvgIpc) is 3.52. The SMILES string of the molecule is Cc1ccc(N(c2ccc(C)cc2)c2cc(N(c3ccc(-c4ccc(CO)cc4)cc3)c3ccc(-c4ccc(CO)cc4)cc3)cc(N(c3ccc(-c4ccc(CO)cc4)cc3)c3ccc(-c4ccc(CO)cc4)cc3)c2)cc1. The molecule has 0 radical (unpaired) electrons. The maximum absolute atomic E-state index is 9.81. The molecule has 0 aliphatic rings. The molecule has 388 valence electrons. The van der Waals surface area contributed by atoms with Gasteiger partial charge in [0.1, 0.15) is 0 Å². The van der Waals surface area contributed by atoms with Gasteiger partial charge in [-0.05, 0) is 172 Å². The number of aliphatic hydroxyl groups excluding tert-OH is 4. The zero-order valence-corrected chi connectivity index (χ0v) is 44.3. The van der Waals surface area contributed by atoms with Crippen molar-refractivity contribution < 1.29 is 20.4 Å². The Morgan fingerprint density at radius 1 is 0.203 bits per heavy atom. The fourth-order valence-electron chi connectivity index (χ4n) is 10.1. The van der Waals surface area contributed by atoms with Gasteiger partial charge in [0.15, 0.2) is 0 Å². The van der Waals surface area contributed by atoms with Gasteiger partial charge in [0.25, 0.3) is 0 Å². The van der Waals surface area contributed by atoms with E-state index in [1.807, 2.05) is 48.5 Å². The molecule has 0 aliphatic carbocycles. The van der Waals surface area contributed by atoms with Crippen molar-refractivity contribution in [3.63, 3.8) is 0 Å². The van der Waals surface area contributed by atoms with Crippen molar-refractivity contribution in [1.82, 2.24) is 0 Å². The quantitative estimate of drug-likeness (QED) is 0.0722. The lowest BCUT2D eigenvalue weighted by molar-refractivity contribution is 0.281. The molecule has 0 aromatic heterocycles. The Morgan fingerprint density at radius 2 is 0.354 bits per heavy atom. The lowest BCUT2D eigenvalue weighted by atomic mass is 10.0. The maximum Gasteiger partial charge on any atom is 0.0681 e. The number of rotatable bonds is 17. The summed E-state index contributed by atoms with van der Waals surface area (Å²) >= 11 is 0. The molecule has 0 fully saturated rings. The predicted molar refractivity (Wildman–Crippen MR) is 325 cm³/mol. The number of anilines is 9. The topological polar surface area (TPSA) is 90.6 Å². The highest BCUT2D eigenvalue weighted by Crippen LogP contribution is 2.47. The first kappa shape index (κ1) is 51.8. The second kappa shape index (κ2) is 23.5. The van der Waals surface area contributed by atoms with Crippen LogP contribution in [0.15, 0.2) is 261 Å². The van der Waals surface area contributed by atoms with Gasteiger partial charge in [-0.3, -0.25) is 0 Å². The third kappa shape index (κ3) is 11.5. The highest BCUT2D eigenvalue weighted by Gasteiger charge is 2.23. The summed E-state index contributed by atoms with van der Waals surface area (Å²) in [6.07, 6.45) is 0. The van der Waals surface area contributed by atoms with Crippen molar-refractivity contribution >= 4 is 51.2 Å². The van der Waals surface area contributed by atoms with E-state index in [1.54, 1.807) is 0 Å². The van der Waals surface area contributed by atoms with Crippen LogP contribution in [0.2, 0.25) is 0 Å². The second-order valence-electron chi connectivity index (χ2n) is 20.0. The monoisotopic (exact) mass is 1030 g/mol. The molecule has 0 bridgehead atoms. The van der Waals surface area contributed by atoms with E-state index in [2.05, 4.69) is 241 Å².